The Hall–Kier alpha value is -1.42. The number of carbonyl (C=O) groups is 2. The second kappa shape index (κ2) is 7.78. The molecule has 4 rings (SSSR count). The smallest absolute Gasteiger partial charge is 0.334 e. The summed E-state index contributed by atoms with van der Waals surface area (Å²) in [5.74, 6) is 6.42. The third-order valence-corrected chi connectivity index (χ3v) is 7.33. The van der Waals surface area contributed by atoms with Crippen molar-refractivity contribution in [2.75, 3.05) is 20.3 Å². The van der Waals surface area contributed by atoms with E-state index in [9.17, 15) is 9.59 Å². The lowest BCUT2D eigenvalue weighted by molar-refractivity contribution is -0.136. The largest absolute Gasteiger partial charge is 0.495 e. The van der Waals surface area contributed by atoms with Gasteiger partial charge in [0.25, 0.3) is 0 Å². The molecule has 0 amide bonds. The Morgan fingerprint density at radius 2 is 2.21 bits per heavy atom. The fraction of sp³-hybridized carbons (Fsp3) is 0.429. The zero-order valence-corrected chi connectivity index (χ0v) is 18.8. The highest BCUT2D eigenvalue weighted by atomic mass is 127. The number of hydrogen-bond donors (Lipinski definition) is 0. The Labute approximate surface area is 178 Å². The fourth-order valence-corrected chi connectivity index (χ4v) is 5.36. The molecule has 2 aliphatic carbocycles. The zero-order valence-electron chi connectivity index (χ0n) is 15.7. The summed E-state index contributed by atoms with van der Waals surface area (Å²) < 4.78 is 16.2. The number of fused-ring (bicyclic) bond motifs is 4. The van der Waals surface area contributed by atoms with E-state index in [4.69, 9.17) is 14.0 Å². The Balaban J connectivity index is 1.80. The second-order valence-electron chi connectivity index (χ2n) is 7.41. The average Bonchev–Trinajstić information content (AvgIpc) is 3.07. The fourth-order valence-electron chi connectivity index (χ4n) is 4.76. The minimum atomic E-state index is -0.221. The van der Waals surface area contributed by atoms with E-state index >= 15 is 0 Å². The number of cyclic esters (lactones) is 1. The van der Waals surface area contributed by atoms with E-state index in [1.165, 1.54) is 0 Å². The van der Waals surface area contributed by atoms with Crippen LogP contribution < -0.4 is 4.74 Å². The van der Waals surface area contributed by atoms with Crippen molar-refractivity contribution in [2.45, 2.75) is 31.6 Å². The summed E-state index contributed by atoms with van der Waals surface area (Å²) in [5.41, 5.74) is 3.90. The monoisotopic (exact) mass is 510 g/mol. The van der Waals surface area contributed by atoms with Gasteiger partial charge in [0.15, 0.2) is 5.78 Å². The van der Waals surface area contributed by atoms with Gasteiger partial charge in [-0.15, -0.1) is 0 Å². The lowest BCUT2D eigenvalue weighted by Gasteiger charge is -2.46. The van der Waals surface area contributed by atoms with Gasteiger partial charge in [-0.1, -0.05) is 24.8 Å². The van der Waals surface area contributed by atoms with Crippen LogP contribution in [0, 0.1) is 17.8 Å². The maximum Gasteiger partial charge on any atom is 0.334 e. The van der Waals surface area contributed by atoms with Crippen molar-refractivity contribution in [2.24, 2.45) is 5.92 Å². The van der Waals surface area contributed by atoms with E-state index in [1.807, 2.05) is 12.1 Å². The van der Waals surface area contributed by atoms with Crippen molar-refractivity contribution in [1.29, 1.82) is 0 Å². The Kier molecular flexibility index (Phi) is 5.52. The molecule has 3 unspecified atom stereocenters. The van der Waals surface area contributed by atoms with E-state index in [0.29, 0.717) is 49.4 Å². The van der Waals surface area contributed by atoms with Crippen LogP contribution in [0.15, 0.2) is 23.3 Å². The first-order valence-corrected chi connectivity index (χ1v) is 13.1. The van der Waals surface area contributed by atoms with E-state index in [0.717, 1.165) is 23.1 Å². The van der Waals surface area contributed by atoms with Crippen LogP contribution in [0.25, 0.3) is 0 Å². The van der Waals surface area contributed by atoms with Crippen LogP contribution in [0.1, 0.15) is 47.7 Å². The number of ketones is 1. The van der Waals surface area contributed by atoms with Crippen molar-refractivity contribution in [3.63, 3.8) is 0 Å². The molecule has 7 heteroatoms. The maximum atomic E-state index is 13.2. The van der Waals surface area contributed by atoms with Gasteiger partial charge in [0, 0.05) is 23.3 Å². The molecule has 3 atom stereocenters. The summed E-state index contributed by atoms with van der Waals surface area (Å²) >= 11 is 2.15. The van der Waals surface area contributed by atoms with Crippen molar-refractivity contribution >= 4 is 40.2 Å². The quantitative estimate of drug-likeness (QED) is 0.202. The molecule has 1 aromatic carbocycles. The van der Waals surface area contributed by atoms with Gasteiger partial charge in [-0.05, 0) is 52.1 Å². The molecule has 0 fully saturated rings. The predicted molar refractivity (Wildman–Crippen MR) is 115 cm³/mol. The van der Waals surface area contributed by atoms with Crippen LogP contribution in [0.2, 0.25) is 0 Å². The topological polar surface area (TPSA) is 61.8 Å². The van der Waals surface area contributed by atoms with E-state index < -0.39 is 0 Å². The normalized spacial score (nSPS) is 25.8. The minimum Gasteiger partial charge on any atom is -0.495 e. The molecule has 0 saturated heterocycles. The van der Waals surface area contributed by atoms with Crippen LogP contribution in [0.3, 0.4) is 0 Å². The number of rotatable bonds is 3. The predicted octanol–water partition coefficient (Wildman–Crippen LogP) is 4.11. The highest BCUT2D eigenvalue weighted by Gasteiger charge is 2.51. The molecule has 0 bridgehead atoms. The first-order chi connectivity index (χ1) is 13.5. The number of ether oxygens (including phenoxy) is 2. The standard InChI is InChI=1S/C21H20IO5P/c1-21-8-7-13-14(11-26-20(13)24)16(21)10-17(23)18-15(21)6-5-12(19(18)25-2)4-3-9-27-28-22/h5-6,16,28H,7-11H2,1-2H3. The number of hydrogen-bond acceptors (Lipinski definition) is 5. The van der Waals surface area contributed by atoms with Crippen molar-refractivity contribution < 1.29 is 23.6 Å². The number of esters is 1. The van der Waals surface area contributed by atoms with Gasteiger partial charge in [-0.25, -0.2) is 4.79 Å². The van der Waals surface area contributed by atoms with Crippen LogP contribution in [-0.4, -0.2) is 32.1 Å². The number of halogens is 1. The van der Waals surface area contributed by atoms with Crippen LogP contribution in [0.5, 0.6) is 5.75 Å². The highest BCUT2D eigenvalue weighted by molar-refractivity contribution is 14.2. The van der Waals surface area contributed by atoms with Gasteiger partial charge in [-0.2, -0.15) is 0 Å². The molecule has 3 aliphatic rings. The Bertz CT molecular complexity index is 958. The van der Waals surface area contributed by atoms with Gasteiger partial charge in [0.1, 0.15) is 19.0 Å². The summed E-state index contributed by atoms with van der Waals surface area (Å²) in [5, 5.41) is 0. The number of Topliss-reactive ketones (excluding diaryl/α,β-unsaturated/α-hetero) is 1. The molecule has 1 aromatic rings. The van der Waals surface area contributed by atoms with Crippen LogP contribution in [-0.2, 0) is 19.5 Å². The van der Waals surface area contributed by atoms with Crippen LogP contribution >= 0.6 is 28.5 Å². The maximum absolute atomic E-state index is 13.2. The molecule has 146 valence electrons. The number of benzene rings is 1. The van der Waals surface area contributed by atoms with Gasteiger partial charge >= 0.3 is 5.97 Å². The first kappa shape index (κ1) is 19.9. The van der Waals surface area contributed by atoms with Gasteiger partial charge in [-0.3, -0.25) is 4.79 Å². The summed E-state index contributed by atoms with van der Waals surface area (Å²) in [7, 11) is 1.58. The summed E-state index contributed by atoms with van der Waals surface area (Å²) in [4.78, 5) is 25.2. The minimum absolute atomic E-state index is 0.00221. The van der Waals surface area contributed by atoms with E-state index in [2.05, 4.69) is 40.8 Å². The molecule has 5 nitrogen and oxygen atoms in total. The second-order valence-corrected chi connectivity index (χ2v) is 9.18. The molecule has 0 saturated carbocycles. The third-order valence-electron chi connectivity index (χ3n) is 6.14. The van der Waals surface area contributed by atoms with Gasteiger partial charge < -0.3 is 14.0 Å². The lowest BCUT2D eigenvalue weighted by atomic mass is 9.56. The molecular formula is C21H20IO5P. The molecule has 1 aliphatic heterocycles. The number of carbonyl (C=O) groups excluding carboxylic acids is 2. The zero-order chi connectivity index (χ0) is 19.9. The van der Waals surface area contributed by atoms with E-state index in [-0.39, 0.29) is 23.1 Å². The molecule has 0 N–H and O–H groups in total. The molecule has 1 heterocycles. The van der Waals surface area contributed by atoms with Crippen LogP contribution in [0.4, 0.5) is 0 Å². The molecule has 0 aromatic heterocycles. The summed E-state index contributed by atoms with van der Waals surface area (Å²) in [6.45, 7) is 3.21. The molecule has 0 spiro atoms. The third kappa shape index (κ3) is 3.08. The van der Waals surface area contributed by atoms with Crippen molar-refractivity contribution in [3.05, 3.63) is 40.0 Å². The van der Waals surface area contributed by atoms with Crippen molar-refractivity contribution in [1.82, 2.24) is 0 Å². The average molecular weight is 510 g/mol. The molecular weight excluding hydrogens is 490 g/mol. The highest BCUT2D eigenvalue weighted by Crippen LogP contribution is 2.54. The van der Waals surface area contributed by atoms with Gasteiger partial charge in [0.05, 0.1) is 24.7 Å². The summed E-state index contributed by atoms with van der Waals surface area (Å²) in [6, 6.07) is 3.94. The SMILES string of the molecule is COc1c(C#CCOPI)ccc2c1C(=O)CC1C3=C(CCC21C)C(=O)OC3. The van der Waals surface area contributed by atoms with Crippen molar-refractivity contribution in [3.8, 4) is 17.6 Å². The Morgan fingerprint density at radius 3 is 2.96 bits per heavy atom. The van der Waals surface area contributed by atoms with Gasteiger partial charge in [0.2, 0.25) is 0 Å². The number of methoxy groups -OCH3 is 1. The summed E-state index contributed by atoms with van der Waals surface area (Å²) in [6.07, 6.45) is 1.86. The molecule has 0 radical (unpaired) electrons. The Morgan fingerprint density at radius 1 is 1.39 bits per heavy atom. The first-order valence-electron chi connectivity index (χ1n) is 9.11. The molecule has 28 heavy (non-hydrogen) atoms. The van der Waals surface area contributed by atoms with E-state index in [1.54, 1.807) is 7.11 Å². The lowest BCUT2D eigenvalue weighted by Crippen LogP contribution is -2.43.